The van der Waals surface area contributed by atoms with E-state index in [-0.39, 0.29) is 37.9 Å². The topological polar surface area (TPSA) is 63.2 Å². The highest BCUT2D eigenvalue weighted by Crippen LogP contribution is 2.63. The molecule has 1 aliphatic heterocycles. The molecule has 1 aromatic heterocycles. The molecule has 0 bridgehead atoms. The molecule has 0 spiro atoms. The van der Waals surface area contributed by atoms with Gasteiger partial charge in [0.15, 0.2) is 0 Å². The molecule has 0 N–H and O–H groups in total. The Balaban J connectivity index is 1.51. The van der Waals surface area contributed by atoms with E-state index in [4.69, 9.17) is 26.5 Å². The van der Waals surface area contributed by atoms with Gasteiger partial charge in [0.2, 0.25) is 0 Å². The molecule has 1 fully saturated rings. The van der Waals surface area contributed by atoms with Crippen LogP contribution in [0.2, 0.25) is 0 Å². The largest absolute Gasteiger partial charge is 0.453 e. The molecule has 0 amide bonds. The van der Waals surface area contributed by atoms with Crippen molar-refractivity contribution >= 4 is 38.8 Å². The third kappa shape index (κ3) is 12.5. The van der Waals surface area contributed by atoms with Crippen molar-refractivity contribution in [3.63, 3.8) is 0 Å². The molecule has 78 heavy (non-hydrogen) atoms. The third-order valence-electron chi connectivity index (χ3n) is 15.2. The van der Waals surface area contributed by atoms with Gasteiger partial charge in [-0.3, -0.25) is 9.05 Å². The molecule has 8 rings (SSSR count). The molecule has 8 heteroatoms. The molecule has 2 heterocycles. The predicted molar refractivity (Wildman–Crippen MR) is 332 cm³/mol. The lowest BCUT2D eigenvalue weighted by Crippen LogP contribution is -2.19. The molecule has 0 saturated carbocycles. The van der Waals surface area contributed by atoms with Crippen molar-refractivity contribution in [2.45, 2.75) is 222 Å². The SMILES string of the molecule is CC(C)(C)c1cc(-c2cc(C(C)(C)C)cc(C(C)(C)C)c2Op2oc3c(C(C)(C)C)cc(C(C)(C)C)cc3c3cc(C(C)(C)C)cc(C(C)(C)C)c3o2)c(OP2O[C@H](c3ccccc3)[C@@H](c3ccccc3)O2)c(C(C)(C)C)c1. The number of benzene rings is 6. The van der Waals surface area contributed by atoms with E-state index >= 15 is 0 Å². The quantitative estimate of drug-likeness (QED) is 0.148. The molecular weight excluding hydrogens is 999 g/mol. The molecule has 6 nitrogen and oxygen atoms in total. The summed E-state index contributed by atoms with van der Waals surface area (Å²) in [7, 11) is -4.13. The second-order valence-electron chi connectivity index (χ2n) is 30.3. The Morgan fingerprint density at radius 3 is 0.936 bits per heavy atom. The average Bonchev–Trinajstić information content (AvgIpc) is 3.81. The molecule has 1 aliphatic rings. The van der Waals surface area contributed by atoms with Gasteiger partial charge in [0.25, 0.3) is 0 Å². The van der Waals surface area contributed by atoms with Crippen molar-refractivity contribution in [3.05, 3.63) is 165 Å². The van der Waals surface area contributed by atoms with Gasteiger partial charge in [-0.25, -0.2) is 0 Å². The van der Waals surface area contributed by atoms with Crippen LogP contribution in [-0.2, 0) is 52.4 Å². The van der Waals surface area contributed by atoms with Crippen molar-refractivity contribution in [3.8, 4) is 22.6 Å². The van der Waals surface area contributed by atoms with E-state index in [2.05, 4.69) is 263 Å². The summed E-state index contributed by atoms with van der Waals surface area (Å²) in [6.07, 6.45) is -0.780. The first-order valence-corrected chi connectivity index (χ1v) is 30.4. The summed E-state index contributed by atoms with van der Waals surface area (Å²) in [5.74, 6) is 1.40. The maximum Gasteiger partial charge on any atom is 0.453 e. The minimum absolute atomic E-state index is 0.141. The molecule has 418 valence electrons. The second kappa shape index (κ2) is 20.6. The summed E-state index contributed by atoms with van der Waals surface area (Å²) < 4.78 is 44.6. The average molecular weight is 1090 g/mol. The van der Waals surface area contributed by atoms with E-state index < -0.39 is 34.5 Å². The van der Waals surface area contributed by atoms with E-state index in [0.717, 1.165) is 66.4 Å². The van der Waals surface area contributed by atoms with Crippen molar-refractivity contribution in [1.29, 1.82) is 0 Å². The second-order valence-corrected chi connectivity index (χ2v) is 32.3. The smallest absolute Gasteiger partial charge is 0.426 e. The van der Waals surface area contributed by atoms with Crippen LogP contribution in [0.3, 0.4) is 0 Å². The summed E-state index contributed by atoms with van der Waals surface area (Å²) >= 11 is 0. The number of rotatable bonds is 7. The Bertz CT molecular complexity index is 3220. The highest BCUT2D eigenvalue weighted by Gasteiger charge is 2.43. The first kappa shape index (κ1) is 59.3. The molecule has 0 aliphatic carbocycles. The van der Waals surface area contributed by atoms with E-state index in [1.165, 1.54) is 22.3 Å². The highest BCUT2D eigenvalue weighted by atomic mass is 31.2. The third-order valence-corrected chi connectivity index (χ3v) is 17.4. The minimum Gasteiger partial charge on any atom is -0.426 e. The zero-order chi connectivity index (χ0) is 57.7. The Kier molecular flexibility index (Phi) is 15.7. The van der Waals surface area contributed by atoms with Crippen LogP contribution in [0.15, 0.2) is 118 Å². The predicted octanol–water partition coefficient (Wildman–Crippen LogP) is 22.3. The van der Waals surface area contributed by atoms with Gasteiger partial charge in [-0.05, 0) is 101 Å². The minimum atomic E-state index is -2.19. The Labute approximate surface area is 472 Å². The summed E-state index contributed by atoms with van der Waals surface area (Å²) in [5.41, 5.74) is 12.5. The molecular formula is C70H92O6P2. The normalized spacial score (nSPS) is 16.6. The lowest BCUT2D eigenvalue weighted by molar-refractivity contribution is 0.159. The number of fused-ring (bicyclic) bond motifs is 3. The first-order chi connectivity index (χ1) is 35.7. The molecule has 0 unspecified atom stereocenters. The molecule has 1 saturated heterocycles. The zero-order valence-electron chi connectivity index (χ0n) is 51.9. The van der Waals surface area contributed by atoms with Gasteiger partial charge >= 0.3 is 16.8 Å². The van der Waals surface area contributed by atoms with Crippen molar-refractivity contribution in [2.24, 2.45) is 0 Å². The summed E-state index contributed by atoms with van der Waals surface area (Å²) in [6, 6.07) is 39.5. The lowest BCUT2D eigenvalue weighted by Gasteiger charge is -2.32. The van der Waals surface area contributed by atoms with E-state index in [9.17, 15) is 0 Å². The van der Waals surface area contributed by atoms with Crippen LogP contribution in [0.1, 0.15) is 234 Å². The van der Waals surface area contributed by atoms with Gasteiger partial charge in [0, 0.05) is 44.2 Å². The standard InChI is InChI=1S/C70H92O6P2/c1-63(2,3)45-35-49(59(53(39-45)67(13,14)15)73-77-71-57(43-31-27-25-28-32-43)58(72-77)44-33-29-26-30-34-44)50-36-46(64(4,5)6)40-54(68(16,17)18)60(50)74-78-75-61-51(37-47(65(7,8)9)41-55(61)69(19,20)21)52-38-48(66(10,11)12)42-56(62(52)76-78)70(22,23)24/h25-42,57-58H,1-24H3/t57-,58-/m1/s1. The Hall–Kier alpha value is -4.83. The van der Waals surface area contributed by atoms with Crippen LogP contribution in [-0.4, -0.2) is 0 Å². The van der Waals surface area contributed by atoms with Crippen LogP contribution in [0.5, 0.6) is 11.5 Å². The van der Waals surface area contributed by atoms with Gasteiger partial charge in [0.1, 0.15) is 34.9 Å². The molecule has 7 aromatic rings. The molecule has 2 atom stereocenters. The van der Waals surface area contributed by atoms with Crippen molar-refractivity contribution < 1.29 is 26.5 Å². The van der Waals surface area contributed by atoms with Gasteiger partial charge < -0.3 is 17.4 Å². The van der Waals surface area contributed by atoms with Crippen LogP contribution in [0.25, 0.3) is 33.1 Å². The number of hydrogen-bond acceptors (Lipinski definition) is 6. The summed E-state index contributed by atoms with van der Waals surface area (Å²) in [4.78, 5) is 0. The fraction of sp³-hybridized carbons (Fsp3) is 0.486. The van der Waals surface area contributed by atoms with Gasteiger partial charge in [0.05, 0.1) is 0 Å². The van der Waals surface area contributed by atoms with Crippen molar-refractivity contribution in [2.75, 3.05) is 0 Å². The van der Waals surface area contributed by atoms with Gasteiger partial charge in [-0.1, -0.05) is 251 Å². The van der Waals surface area contributed by atoms with Gasteiger partial charge in [-0.2, -0.15) is 0 Å². The number of hydrogen-bond donors (Lipinski definition) is 0. The zero-order valence-corrected chi connectivity index (χ0v) is 53.7. The van der Waals surface area contributed by atoms with E-state index in [0.29, 0.717) is 11.5 Å². The maximum atomic E-state index is 7.82. The fourth-order valence-electron chi connectivity index (χ4n) is 10.1. The summed E-state index contributed by atoms with van der Waals surface area (Å²) in [6.45, 7) is 54.8. The lowest BCUT2D eigenvalue weighted by atomic mass is 9.75. The van der Waals surface area contributed by atoms with Crippen LogP contribution < -0.4 is 9.05 Å². The van der Waals surface area contributed by atoms with Gasteiger partial charge in [-0.15, -0.1) is 0 Å². The Morgan fingerprint density at radius 2 is 0.628 bits per heavy atom. The monoisotopic (exact) mass is 1090 g/mol. The van der Waals surface area contributed by atoms with E-state index in [1.807, 2.05) is 12.1 Å². The molecule has 6 aromatic carbocycles. The van der Waals surface area contributed by atoms with Crippen LogP contribution >= 0.6 is 16.8 Å². The summed E-state index contributed by atoms with van der Waals surface area (Å²) in [5, 5.41) is 2.05. The highest BCUT2D eigenvalue weighted by molar-refractivity contribution is 7.42. The first-order valence-electron chi connectivity index (χ1n) is 28.2. The Morgan fingerprint density at radius 1 is 0.333 bits per heavy atom. The fourth-order valence-corrected chi connectivity index (χ4v) is 12.6. The van der Waals surface area contributed by atoms with E-state index in [1.54, 1.807) is 0 Å². The van der Waals surface area contributed by atoms with Crippen LogP contribution in [0.4, 0.5) is 0 Å². The molecule has 0 radical (unpaired) electrons. The van der Waals surface area contributed by atoms with Crippen LogP contribution in [0, 0.1) is 0 Å². The van der Waals surface area contributed by atoms with Crippen molar-refractivity contribution in [1.82, 2.24) is 0 Å². The maximum absolute atomic E-state index is 7.82.